The molecular formula is C25H27N5O6. The van der Waals surface area contributed by atoms with Gasteiger partial charge in [-0.1, -0.05) is 43.7 Å². The lowest BCUT2D eigenvalue weighted by Crippen LogP contribution is -2.34. The predicted molar refractivity (Wildman–Crippen MR) is 130 cm³/mol. The summed E-state index contributed by atoms with van der Waals surface area (Å²) in [5.41, 5.74) is -0.0744. The maximum Gasteiger partial charge on any atom is 0.333 e. The standard InChI is InChI=1S/C25H27N5O6/c1-3-5-13-30-21-20(23(32)28-25(30)34)29(4-2)18(26-21)15-36-24(33)19(16-10-7-6-8-11-16)27-22(31)17-12-9-14-35-17/h6-12,14,19H,3-5,13,15H2,1-2H3,(H,27,31)(H,28,32,34). The number of nitrogens with one attached hydrogen (secondary N) is 2. The SMILES string of the molecule is CCCCn1c(=O)[nH]c(=O)c2c1nc(COC(=O)C(NC(=O)c1ccco1)c1ccccc1)n2CC. The van der Waals surface area contributed by atoms with Crippen molar-refractivity contribution in [2.75, 3.05) is 0 Å². The van der Waals surface area contributed by atoms with Crippen molar-refractivity contribution in [3.8, 4) is 0 Å². The van der Waals surface area contributed by atoms with Crippen LogP contribution in [0.25, 0.3) is 11.2 Å². The molecule has 0 aliphatic heterocycles. The van der Waals surface area contributed by atoms with Crippen LogP contribution in [-0.4, -0.2) is 31.0 Å². The Hall–Kier alpha value is -4.41. The Balaban J connectivity index is 1.62. The fourth-order valence-electron chi connectivity index (χ4n) is 3.94. The van der Waals surface area contributed by atoms with E-state index in [2.05, 4.69) is 15.3 Å². The lowest BCUT2D eigenvalue weighted by Gasteiger charge is -2.17. The van der Waals surface area contributed by atoms with Crippen LogP contribution in [0.1, 0.15) is 54.7 Å². The van der Waals surface area contributed by atoms with Gasteiger partial charge in [0, 0.05) is 13.1 Å². The van der Waals surface area contributed by atoms with Gasteiger partial charge < -0.3 is 19.0 Å². The summed E-state index contributed by atoms with van der Waals surface area (Å²) < 4.78 is 13.7. The normalized spacial score (nSPS) is 11.9. The maximum absolute atomic E-state index is 13.1. The van der Waals surface area contributed by atoms with Crippen LogP contribution in [0.5, 0.6) is 0 Å². The highest BCUT2D eigenvalue weighted by molar-refractivity contribution is 5.94. The van der Waals surface area contributed by atoms with Gasteiger partial charge in [0.1, 0.15) is 12.4 Å². The summed E-state index contributed by atoms with van der Waals surface area (Å²) in [7, 11) is 0. The number of hydrogen-bond donors (Lipinski definition) is 2. The average molecular weight is 494 g/mol. The smallest absolute Gasteiger partial charge is 0.333 e. The number of fused-ring (bicyclic) bond motifs is 1. The molecule has 0 saturated carbocycles. The molecule has 0 spiro atoms. The molecule has 4 rings (SSSR count). The average Bonchev–Trinajstić information content (AvgIpc) is 3.54. The highest BCUT2D eigenvalue weighted by Gasteiger charge is 2.27. The van der Waals surface area contributed by atoms with Crippen molar-refractivity contribution < 1.29 is 18.7 Å². The first-order valence-electron chi connectivity index (χ1n) is 11.7. The van der Waals surface area contributed by atoms with Gasteiger partial charge in [-0.3, -0.25) is 19.1 Å². The number of carbonyl (C=O) groups excluding carboxylic acids is 2. The molecule has 11 nitrogen and oxygen atoms in total. The minimum Gasteiger partial charge on any atom is -0.459 e. The van der Waals surface area contributed by atoms with Crippen LogP contribution < -0.4 is 16.6 Å². The maximum atomic E-state index is 13.1. The molecule has 1 amide bonds. The van der Waals surface area contributed by atoms with Crippen LogP contribution in [0, 0.1) is 0 Å². The molecular weight excluding hydrogens is 466 g/mol. The first-order chi connectivity index (χ1) is 17.4. The summed E-state index contributed by atoms with van der Waals surface area (Å²) >= 11 is 0. The van der Waals surface area contributed by atoms with Crippen LogP contribution in [0.2, 0.25) is 0 Å². The zero-order valence-corrected chi connectivity index (χ0v) is 20.0. The number of H-pyrrole nitrogens is 1. The number of ether oxygens (including phenoxy) is 1. The summed E-state index contributed by atoms with van der Waals surface area (Å²) in [4.78, 5) is 57.5. The van der Waals surface area contributed by atoms with Gasteiger partial charge in [-0.2, -0.15) is 0 Å². The van der Waals surface area contributed by atoms with E-state index in [1.165, 1.54) is 16.9 Å². The molecule has 3 aromatic heterocycles. The molecule has 11 heteroatoms. The van der Waals surface area contributed by atoms with E-state index in [1.807, 2.05) is 13.8 Å². The van der Waals surface area contributed by atoms with Gasteiger partial charge in [0.25, 0.3) is 11.5 Å². The number of esters is 1. The number of benzene rings is 1. The monoisotopic (exact) mass is 493 g/mol. The Kier molecular flexibility index (Phi) is 7.47. The van der Waals surface area contributed by atoms with Crippen molar-refractivity contribution >= 4 is 23.0 Å². The van der Waals surface area contributed by atoms with E-state index in [1.54, 1.807) is 41.0 Å². The molecule has 2 N–H and O–H groups in total. The van der Waals surface area contributed by atoms with Crippen LogP contribution >= 0.6 is 0 Å². The molecule has 0 bridgehead atoms. The molecule has 1 atom stereocenters. The Labute approximate surface area is 205 Å². The molecule has 0 aliphatic carbocycles. The molecule has 1 aromatic carbocycles. The fraction of sp³-hybridized carbons (Fsp3) is 0.320. The quantitative estimate of drug-likeness (QED) is 0.323. The van der Waals surface area contributed by atoms with E-state index in [0.29, 0.717) is 24.5 Å². The summed E-state index contributed by atoms with van der Waals surface area (Å²) in [5.74, 6) is -0.918. The van der Waals surface area contributed by atoms with Crippen LogP contribution in [0.15, 0.2) is 62.7 Å². The first-order valence-corrected chi connectivity index (χ1v) is 11.7. The molecule has 36 heavy (non-hydrogen) atoms. The number of hydrogen-bond acceptors (Lipinski definition) is 7. The lowest BCUT2D eigenvalue weighted by molar-refractivity contribution is -0.147. The van der Waals surface area contributed by atoms with Crippen molar-refractivity contribution in [3.05, 3.63) is 86.7 Å². The second-order valence-corrected chi connectivity index (χ2v) is 8.11. The predicted octanol–water partition coefficient (Wildman–Crippen LogP) is 2.51. The highest BCUT2D eigenvalue weighted by atomic mass is 16.5. The minimum absolute atomic E-state index is 0.0563. The van der Waals surface area contributed by atoms with E-state index in [4.69, 9.17) is 9.15 Å². The molecule has 0 saturated heterocycles. The van der Waals surface area contributed by atoms with Gasteiger partial charge >= 0.3 is 11.7 Å². The molecule has 0 aliphatic rings. The minimum atomic E-state index is -1.10. The van der Waals surface area contributed by atoms with E-state index >= 15 is 0 Å². The second kappa shape index (κ2) is 10.9. The van der Waals surface area contributed by atoms with Crippen molar-refractivity contribution in [2.45, 2.75) is 52.4 Å². The Morgan fingerprint density at radius 3 is 2.56 bits per heavy atom. The van der Waals surface area contributed by atoms with E-state index in [0.717, 1.165) is 12.8 Å². The van der Waals surface area contributed by atoms with E-state index < -0.39 is 29.2 Å². The number of aryl methyl sites for hydroxylation is 2. The van der Waals surface area contributed by atoms with Gasteiger partial charge in [0.2, 0.25) is 0 Å². The Bertz CT molecular complexity index is 1470. The van der Waals surface area contributed by atoms with Crippen molar-refractivity contribution in [1.82, 2.24) is 24.4 Å². The Morgan fingerprint density at radius 1 is 1.11 bits per heavy atom. The molecule has 0 fully saturated rings. The van der Waals surface area contributed by atoms with Gasteiger partial charge in [0.15, 0.2) is 23.0 Å². The lowest BCUT2D eigenvalue weighted by atomic mass is 10.1. The second-order valence-electron chi connectivity index (χ2n) is 8.11. The van der Waals surface area contributed by atoms with Crippen LogP contribution in [-0.2, 0) is 29.2 Å². The third-order valence-corrected chi connectivity index (χ3v) is 5.75. The van der Waals surface area contributed by atoms with Gasteiger partial charge in [-0.05, 0) is 31.0 Å². The number of aromatic nitrogens is 4. The number of rotatable bonds is 10. The van der Waals surface area contributed by atoms with Crippen LogP contribution in [0.3, 0.4) is 0 Å². The summed E-state index contributed by atoms with van der Waals surface area (Å²) in [6, 6.07) is 10.6. The largest absolute Gasteiger partial charge is 0.459 e. The van der Waals surface area contributed by atoms with Crippen molar-refractivity contribution in [3.63, 3.8) is 0 Å². The number of carbonyl (C=O) groups is 2. The first kappa shape index (κ1) is 24.7. The third-order valence-electron chi connectivity index (χ3n) is 5.75. The summed E-state index contributed by atoms with van der Waals surface area (Å²) in [6.45, 7) is 4.33. The van der Waals surface area contributed by atoms with Crippen molar-refractivity contribution in [2.24, 2.45) is 0 Å². The number of aromatic amines is 1. The number of furan rings is 1. The van der Waals surface area contributed by atoms with Crippen LogP contribution in [0.4, 0.5) is 0 Å². The zero-order valence-electron chi connectivity index (χ0n) is 20.0. The summed E-state index contributed by atoms with van der Waals surface area (Å²) in [6.07, 6.45) is 2.96. The molecule has 0 radical (unpaired) electrons. The zero-order chi connectivity index (χ0) is 25.7. The number of nitrogens with zero attached hydrogens (tertiary/aromatic N) is 3. The number of unbranched alkanes of at least 4 members (excludes halogenated alkanes) is 1. The fourth-order valence-corrected chi connectivity index (χ4v) is 3.94. The molecule has 3 heterocycles. The summed E-state index contributed by atoms with van der Waals surface area (Å²) in [5, 5.41) is 2.64. The number of imidazole rings is 1. The number of amides is 1. The van der Waals surface area contributed by atoms with Gasteiger partial charge in [-0.15, -0.1) is 0 Å². The van der Waals surface area contributed by atoms with Gasteiger partial charge in [-0.25, -0.2) is 14.6 Å². The molecule has 4 aromatic rings. The van der Waals surface area contributed by atoms with Crippen molar-refractivity contribution in [1.29, 1.82) is 0 Å². The van der Waals surface area contributed by atoms with E-state index in [-0.39, 0.29) is 23.5 Å². The van der Waals surface area contributed by atoms with E-state index in [9.17, 15) is 19.2 Å². The topological polar surface area (TPSA) is 141 Å². The molecule has 188 valence electrons. The third kappa shape index (κ3) is 4.99. The Morgan fingerprint density at radius 2 is 1.89 bits per heavy atom. The highest BCUT2D eigenvalue weighted by Crippen LogP contribution is 2.18. The molecule has 1 unspecified atom stereocenters. The van der Waals surface area contributed by atoms with Gasteiger partial charge in [0.05, 0.1) is 6.26 Å².